The van der Waals surface area contributed by atoms with Gasteiger partial charge in [-0.15, -0.1) is 0 Å². The summed E-state index contributed by atoms with van der Waals surface area (Å²) < 4.78 is 45.5. The van der Waals surface area contributed by atoms with Crippen molar-refractivity contribution in [3.8, 4) is 5.75 Å². The quantitative estimate of drug-likeness (QED) is 0.468. The number of hydrogen-bond acceptors (Lipinski definition) is 5. The third-order valence-corrected chi connectivity index (χ3v) is 4.99. The molecule has 2 aromatic rings. The average Bonchev–Trinajstić information content (AvgIpc) is 3.39. The van der Waals surface area contributed by atoms with Crippen LogP contribution >= 0.6 is 15.9 Å². The first-order valence-electron chi connectivity index (χ1n) is 8.66. The molecule has 0 unspecified atom stereocenters. The van der Waals surface area contributed by atoms with Crippen molar-refractivity contribution in [2.24, 2.45) is 0 Å². The first-order valence-corrected chi connectivity index (χ1v) is 9.45. The van der Waals surface area contributed by atoms with E-state index in [4.69, 9.17) is 4.74 Å². The summed E-state index contributed by atoms with van der Waals surface area (Å²) in [5.41, 5.74) is -1.27. The van der Waals surface area contributed by atoms with Gasteiger partial charge in [-0.05, 0) is 47.8 Å². The SMILES string of the molecule is CCOc1ccc(NC(=O)Cn2nc(C(F)(F)F)c(Br)c2C2CC2)c([N+](=O)[O-])c1. The lowest BCUT2D eigenvalue weighted by molar-refractivity contribution is -0.384. The minimum absolute atomic E-state index is 0.0845. The highest BCUT2D eigenvalue weighted by Crippen LogP contribution is 2.47. The van der Waals surface area contributed by atoms with Gasteiger partial charge in [-0.2, -0.15) is 18.3 Å². The molecule has 0 aliphatic heterocycles. The fourth-order valence-electron chi connectivity index (χ4n) is 2.85. The molecule has 0 bridgehead atoms. The fraction of sp³-hybridized carbons (Fsp3) is 0.412. The first kappa shape index (κ1) is 21.1. The average molecular weight is 477 g/mol. The number of nitro groups is 1. The van der Waals surface area contributed by atoms with E-state index in [1.807, 2.05) is 0 Å². The zero-order valence-corrected chi connectivity index (χ0v) is 16.7. The number of benzene rings is 1. The van der Waals surface area contributed by atoms with E-state index in [9.17, 15) is 28.1 Å². The van der Waals surface area contributed by atoms with Crippen molar-refractivity contribution in [1.82, 2.24) is 9.78 Å². The number of carbonyl (C=O) groups is 1. The van der Waals surface area contributed by atoms with Gasteiger partial charge < -0.3 is 10.1 Å². The zero-order valence-electron chi connectivity index (χ0n) is 15.1. The molecule has 0 saturated heterocycles. The molecule has 0 atom stereocenters. The van der Waals surface area contributed by atoms with Crippen molar-refractivity contribution in [2.45, 2.75) is 38.4 Å². The lowest BCUT2D eigenvalue weighted by Crippen LogP contribution is -2.21. The minimum atomic E-state index is -4.67. The van der Waals surface area contributed by atoms with E-state index in [0.29, 0.717) is 25.1 Å². The molecule has 29 heavy (non-hydrogen) atoms. The number of alkyl halides is 3. The van der Waals surface area contributed by atoms with Gasteiger partial charge in [-0.25, -0.2) is 0 Å². The van der Waals surface area contributed by atoms with Gasteiger partial charge >= 0.3 is 6.18 Å². The number of halogens is 4. The maximum atomic E-state index is 13.2. The summed E-state index contributed by atoms with van der Waals surface area (Å²) in [6.45, 7) is 1.52. The van der Waals surface area contributed by atoms with E-state index in [-0.39, 0.29) is 27.5 Å². The van der Waals surface area contributed by atoms with Crippen LogP contribution in [0.3, 0.4) is 0 Å². The number of ether oxygens (including phenoxy) is 1. The van der Waals surface area contributed by atoms with Crippen LogP contribution in [0.4, 0.5) is 24.5 Å². The van der Waals surface area contributed by atoms with Crippen LogP contribution in [0.2, 0.25) is 0 Å². The minimum Gasteiger partial charge on any atom is -0.494 e. The molecule has 12 heteroatoms. The van der Waals surface area contributed by atoms with Crippen LogP contribution in [0.15, 0.2) is 22.7 Å². The highest BCUT2D eigenvalue weighted by atomic mass is 79.9. The summed E-state index contributed by atoms with van der Waals surface area (Å²) >= 11 is 2.95. The Morgan fingerprint density at radius 2 is 2.14 bits per heavy atom. The molecular weight excluding hydrogens is 461 g/mol. The molecule has 1 aliphatic rings. The van der Waals surface area contributed by atoms with Crippen LogP contribution < -0.4 is 10.1 Å². The number of nitro benzene ring substituents is 1. The molecular formula is C17H16BrF3N4O4. The first-order chi connectivity index (χ1) is 13.6. The Bertz CT molecular complexity index is 957. The number of aromatic nitrogens is 2. The van der Waals surface area contributed by atoms with Gasteiger partial charge in [0.15, 0.2) is 5.69 Å². The number of carbonyl (C=O) groups excluding carboxylic acids is 1. The molecule has 0 spiro atoms. The topological polar surface area (TPSA) is 99.3 Å². The van der Waals surface area contributed by atoms with E-state index in [0.717, 1.165) is 4.68 Å². The van der Waals surface area contributed by atoms with Crippen LogP contribution in [0.1, 0.15) is 37.1 Å². The normalized spacial score (nSPS) is 14.0. The molecule has 1 N–H and O–H groups in total. The highest BCUT2D eigenvalue weighted by Gasteiger charge is 2.42. The molecule has 1 aliphatic carbocycles. The summed E-state index contributed by atoms with van der Waals surface area (Å²) in [7, 11) is 0. The van der Waals surface area contributed by atoms with Crippen molar-refractivity contribution < 1.29 is 27.6 Å². The standard InChI is InChI=1S/C17H16BrF3N4O4/c1-2-29-10-5-6-11(12(7-10)25(27)28)22-13(26)8-24-15(9-3-4-9)14(18)16(23-24)17(19,20)21/h5-7,9H,2-4,8H2,1H3,(H,22,26). The summed E-state index contributed by atoms with van der Waals surface area (Å²) in [5.74, 6) is -0.581. The number of nitrogens with zero attached hydrogens (tertiary/aromatic N) is 3. The molecule has 1 fully saturated rings. The van der Waals surface area contributed by atoms with Gasteiger partial charge in [0.1, 0.15) is 18.0 Å². The second-order valence-corrected chi connectivity index (χ2v) is 7.19. The van der Waals surface area contributed by atoms with Gasteiger partial charge in [0, 0.05) is 5.92 Å². The van der Waals surface area contributed by atoms with E-state index >= 15 is 0 Å². The van der Waals surface area contributed by atoms with Crippen molar-refractivity contribution in [3.63, 3.8) is 0 Å². The van der Waals surface area contributed by atoms with Gasteiger partial charge in [0.2, 0.25) is 5.91 Å². The van der Waals surface area contributed by atoms with Gasteiger partial charge in [-0.1, -0.05) is 0 Å². The third kappa shape index (κ3) is 4.69. The molecule has 156 valence electrons. The second-order valence-electron chi connectivity index (χ2n) is 6.39. The molecule has 1 aromatic heterocycles. The summed E-state index contributed by atoms with van der Waals surface area (Å²) in [6, 6.07) is 3.93. The summed E-state index contributed by atoms with van der Waals surface area (Å²) in [4.78, 5) is 23.0. The maximum absolute atomic E-state index is 13.2. The smallest absolute Gasteiger partial charge is 0.436 e. The van der Waals surface area contributed by atoms with E-state index < -0.39 is 29.2 Å². The van der Waals surface area contributed by atoms with Crippen LogP contribution in [-0.2, 0) is 17.5 Å². The lowest BCUT2D eigenvalue weighted by Gasteiger charge is -2.10. The van der Waals surface area contributed by atoms with Gasteiger partial charge in [0.25, 0.3) is 5.69 Å². The van der Waals surface area contributed by atoms with Crippen molar-refractivity contribution in [2.75, 3.05) is 11.9 Å². The van der Waals surface area contributed by atoms with Crippen molar-refractivity contribution in [1.29, 1.82) is 0 Å². The zero-order chi connectivity index (χ0) is 21.3. The maximum Gasteiger partial charge on any atom is 0.436 e. The highest BCUT2D eigenvalue weighted by molar-refractivity contribution is 9.10. The Morgan fingerprint density at radius 1 is 1.45 bits per heavy atom. The third-order valence-electron chi connectivity index (χ3n) is 4.21. The Labute approximate surface area is 171 Å². The Hall–Kier alpha value is -2.63. The fourth-order valence-corrected chi connectivity index (χ4v) is 3.68. The van der Waals surface area contributed by atoms with Crippen molar-refractivity contribution >= 4 is 33.2 Å². The van der Waals surface area contributed by atoms with E-state index in [1.165, 1.54) is 18.2 Å². The van der Waals surface area contributed by atoms with Crippen LogP contribution in [-0.4, -0.2) is 27.2 Å². The predicted molar refractivity (Wildman–Crippen MR) is 99.8 cm³/mol. The lowest BCUT2D eigenvalue weighted by atomic mass is 10.2. The Balaban J connectivity index is 1.84. The van der Waals surface area contributed by atoms with Crippen molar-refractivity contribution in [3.05, 3.63) is 44.2 Å². The summed E-state index contributed by atoms with van der Waals surface area (Å²) in [6.07, 6.45) is -3.26. The summed E-state index contributed by atoms with van der Waals surface area (Å²) in [5, 5.41) is 17.2. The molecule has 8 nitrogen and oxygen atoms in total. The molecule has 1 heterocycles. The number of rotatable bonds is 7. The number of nitrogens with one attached hydrogen (secondary N) is 1. The molecule has 3 rings (SSSR count). The molecule has 1 amide bonds. The second kappa shape index (κ2) is 8.01. The Kier molecular flexibility index (Phi) is 5.82. The molecule has 1 saturated carbocycles. The van der Waals surface area contributed by atoms with Crippen LogP contribution in [0, 0.1) is 10.1 Å². The number of hydrogen-bond donors (Lipinski definition) is 1. The van der Waals surface area contributed by atoms with E-state index in [2.05, 4.69) is 26.3 Å². The Morgan fingerprint density at radius 3 is 2.69 bits per heavy atom. The van der Waals surface area contributed by atoms with Gasteiger partial charge in [-0.3, -0.25) is 19.6 Å². The van der Waals surface area contributed by atoms with Gasteiger partial charge in [0.05, 0.1) is 27.8 Å². The van der Waals surface area contributed by atoms with Crippen LogP contribution in [0.5, 0.6) is 5.75 Å². The van der Waals surface area contributed by atoms with Crippen LogP contribution in [0.25, 0.3) is 0 Å². The monoisotopic (exact) mass is 476 g/mol. The van der Waals surface area contributed by atoms with E-state index in [1.54, 1.807) is 6.92 Å². The largest absolute Gasteiger partial charge is 0.494 e. The molecule has 1 aromatic carbocycles. The number of anilines is 1. The number of amides is 1. The predicted octanol–water partition coefficient (Wildman–Crippen LogP) is 4.49. The molecule has 0 radical (unpaired) electrons.